The Morgan fingerprint density at radius 3 is 2.67 bits per heavy atom. The largest absolute Gasteiger partial charge is 0.319 e. The van der Waals surface area contributed by atoms with Gasteiger partial charge in [-0.1, -0.05) is 0 Å². The van der Waals surface area contributed by atoms with Gasteiger partial charge in [0.2, 0.25) is 0 Å². The quantitative estimate of drug-likeness (QED) is 0.468. The van der Waals surface area contributed by atoms with Crippen LogP contribution in [0.5, 0.6) is 0 Å². The minimum Gasteiger partial charge on any atom is -0.311 e. The van der Waals surface area contributed by atoms with Crippen molar-refractivity contribution in [2.75, 3.05) is 19.1 Å². The van der Waals surface area contributed by atoms with E-state index in [4.69, 9.17) is 11.6 Å². The van der Waals surface area contributed by atoms with Gasteiger partial charge in [0.05, 0.1) is 13.2 Å². The molecular formula is C4H10ClO3P. The molecule has 0 N–H and O–H groups in total. The summed E-state index contributed by atoms with van der Waals surface area (Å²) in [5, 5.41) is 0. The molecule has 5 heteroatoms. The van der Waals surface area contributed by atoms with Crippen LogP contribution in [0, 0.1) is 0 Å². The molecule has 0 aliphatic rings. The van der Waals surface area contributed by atoms with Crippen molar-refractivity contribution in [3.05, 3.63) is 0 Å². The lowest BCUT2D eigenvalue weighted by atomic mass is 10.9. The van der Waals surface area contributed by atoms with Gasteiger partial charge in [-0.25, -0.2) is 0 Å². The Morgan fingerprint density at radius 2 is 2.22 bits per heavy atom. The maximum Gasteiger partial charge on any atom is 0.319 e. The van der Waals surface area contributed by atoms with Crippen LogP contribution in [-0.2, 0) is 13.6 Å². The average Bonchev–Trinajstić information content (AvgIpc) is 1.85. The minimum atomic E-state index is -2.24. The van der Waals surface area contributed by atoms with Gasteiger partial charge in [0.15, 0.2) is 0 Å². The standard InChI is InChI=1S/C4H10ClO3P/c1-2-7-9(6)8-4-3-5/h9H,2-4H2,1H3. The zero-order valence-corrected chi connectivity index (χ0v) is 6.98. The first kappa shape index (κ1) is 9.44. The fraction of sp³-hybridized carbons (Fsp3) is 1.00. The van der Waals surface area contributed by atoms with Crippen LogP contribution in [0.2, 0.25) is 0 Å². The van der Waals surface area contributed by atoms with Crippen molar-refractivity contribution in [3.63, 3.8) is 0 Å². The summed E-state index contributed by atoms with van der Waals surface area (Å²) in [4.78, 5) is 0. The Balaban J connectivity index is 3.06. The molecule has 0 aliphatic heterocycles. The summed E-state index contributed by atoms with van der Waals surface area (Å²) in [5.74, 6) is 0.351. The molecule has 0 fully saturated rings. The highest BCUT2D eigenvalue weighted by Crippen LogP contribution is 2.22. The Labute approximate surface area is 60.2 Å². The predicted octanol–water partition coefficient (Wildman–Crippen LogP) is 1.67. The molecule has 0 aromatic heterocycles. The first-order valence-electron chi connectivity index (χ1n) is 2.66. The first-order valence-corrected chi connectivity index (χ1v) is 4.42. The van der Waals surface area contributed by atoms with Gasteiger partial charge in [-0.2, -0.15) is 0 Å². The van der Waals surface area contributed by atoms with Gasteiger partial charge < -0.3 is 9.05 Å². The number of hydrogen-bond acceptors (Lipinski definition) is 3. The summed E-state index contributed by atoms with van der Waals surface area (Å²) < 4.78 is 19.7. The molecule has 0 rings (SSSR count). The van der Waals surface area contributed by atoms with Crippen LogP contribution >= 0.6 is 19.9 Å². The van der Waals surface area contributed by atoms with E-state index in [0.717, 1.165) is 0 Å². The van der Waals surface area contributed by atoms with Crippen molar-refractivity contribution in [1.29, 1.82) is 0 Å². The molecule has 1 atom stereocenters. The summed E-state index contributed by atoms with van der Waals surface area (Å²) in [5.41, 5.74) is 0. The van der Waals surface area contributed by atoms with E-state index in [1.54, 1.807) is 6.92 Å². The zero-order valence-electron chi connectivity index (χ0n) is 5.22. The topological polar surface area (TPSA) is 35.5 Å². The van der Waals surface area contributed by atoms with E-state index in [-0.39, 0.29) is 0 Å². The highest BCUT2D eigenvalue weighted by atomic mass is 35.5. The molecule has 9 heavy (non-hydrogen) atoms. The molecule has 0 saturated heterocycles. The molecule has 3 nitrogen and oxygen atoms in total. The lowest BCUT2D eigenvalue weighted by molar-refractivity contribution is 0.244. The maximum absolute atomic E-state index is 10.5. The number of alkyl halides is 1. The molecule has 0 heterocycles. The molecule has 0 aromatic carbocycles. The van der Waals surface area contributed by atoms with Gasteiger partial charge in [0, 0.05) is 5.88 Å². The Morgan fingerprint density at radius 1 is 1.56 bits per heavy atom. The van der Waals surface area contributed by atoms with E-state index in [1.807, 2.05) is 0 Å². The molecule has 0 bridgehead atoms. The Bertz CT molecular complexity index is 87.9. The van der Waals surface area contributed by atoms with Crippen molar-refractivity contribution < 1.29 is 13.6 Å². The summed E-state index contributed by atoms with van der Waals surface area (Å²) in [6.45, 7) is 2.46. The average molecular weight is 173 g/mol. The van der Waals surface area contributed by atoms with Gasteiger partial charge in [-0.05, 0) is 6.92 Å². The van der Waals surface area contributed by atoms with Crippen LogP contribution in [0.4, 0.5) is 0 Å². The Kier molecular flexibility index (Phi) is 6.88. The second-order valence-corrected chi connectivity index (χ2v) is 2.68. The van der Waals surface area contributed by atoms with Gasteiger partial charge in [0.25, 0.3) is 0 Å². The molecular weight excluding hydrogens is 162 g/mol. The van der Waals surface area contributed by atoms with E-state index in [9.17, 15) is 4.57 Å². The van der Waals surface area contributed by atoms with E-state index in [2.05, 4.69) is 9.05 Å². The van der Waals surface area contributed by atoms with Gasteiger partial charge >= 0.3 is 8.25 Å². The molecule has 0 aromatic rings. The summed E-state index contributed by atoms with van der Waals surface area (Å²) in [6.07, 6.45) is 0. The summed E-state index contributed by atoms with van der Waals surface area (Å²) in [6, 6.07) is 0. The summed E-state index contributed by atoms with van der Waals surface area (Å²) >= 11 is 5.24. The third-order valence-electron chi connectivity index (χ3n) is 0.559. The second-order valence-electron chi connectivity index (χ2n) is 1.22. The van der Waals surface area contributed by atoms with Gasteiger partial charge in [-0.3, -0.25) is 4.57 Å². The zero-order chi connectivity index (χ0) is 7.11. The van der Waals surface area contributed by atoms with Crippen molar-refractivity contribution in [1.82, 2.24) is 0 Å². The van der Waals surface area contributed by atoms with Crippen molar-refractivity contribution >= 4 is 19.9 Å². The Hall–Kier alpha value is 0.440. The highest BCUT2D eigenvalue weighted by molar-refractivity contribution is 7.33. The molecule has 0 aliphatic carbocycles. The van der Waals surface area contributed by atoms with Crippen molar-refractivity contribution in [3.8, 4) is 0 Å². The summed E-state index contributed by atoms with van der Waals surface area (Å²) in [7, 11) is -2.24. The molecule has 0 radical (unpaired) electrons. The van der Waals surface area contributed by atoms with Crippen LogP contribution in [0.25, 0.3) is 0 Å². The minimum absolute atomic E-state index is 0.291. The second kappa shape index (κ2) is 6.56. The van der Waals surface area contributed by atoms with Crippen LogP contribution in [0.3, 0.4) is 0 Å². The number of rotatable bonds is 5. The van der Waals surface area contributed by atoms with Gasteiger partial charge in [0.1, 0.15) is 0 Å². The molecule has 56 valence electrons. The first-order chi connectivity index (χ1) is 4.31. The molecule has 0 spiro atoms. The van der Waals surface area contributed by atoms with Crippen molar-refractivity contribution in [2.45, 2.75) is 6.92 Å². The number of hydrogen-bond donors (Lipinski definition) is 0. The lowest BCUT2D eigenvalue weighted by Gasteiger charge is -1.99. The SMILES string of the molecule is CCO[PH](=O)OCCCl. The van der Waals surface area contributed by atoms with Crippen LogP contribution in [-0.4, -0.2) is 19.1 Å². The lowest BCUT2D eigenvalue weighted by Crippen LogP contribution is -1.88. The van der Waals surface area contributed by atoms with Gasteiger partial charge in [-0.15, -0.1) is 11.6 Å². The smallest absolute Gasteiger partial charge is 0.311 e. The van der Waals surface area contributed by atoms with E-state index >= 15 is 0 Å². The third-order valence-corrected chi connectivity index (χ3v) is 1.68. The van der Waals surface area contributed by atoms with E-state index in [0.29, 0.717) is 19.1 Å². The van der Waals surface area contributed by atoms with E-state index in [1.165, 1.54) is 0 Å². The van der Waals surface area contributed by atoms with Crippen LogP contribution < -0.4 is 0 Å². The molecule has 0 amide bonds. The monoisotopic (exact) mass is 172 g/mol. The predicted molar refractivity (Wildman–Crippen MR) is 37.3 cm³/mol. The third kappa shape index (κ3) is 6.32. The highest BCUT2D eigenvalue weighted by Gasteiger charge is 1.94. The number of halogens is 1. The fourth-order valence-corrected chi connectivity index (χ4v) is 1.08. The maximum atomic E-state index is 10.5. The normalized spacial score (nSPS) is 13.6. The van der Waals surface area contributed by atoms with E-state index < -0.39 is 8.25 Å². The fourth-order valence-electron chi connectivity index (χ4n) is 0.281. The van der Waals surface area contributed by atoms with Crippen LogP contribution in [0.1, 0.15) is 6.92 Å². The van der Waals surface area contributed by atoms with Crippen molar-refractivity contribution in [2.24, 2.45) is 0 Å². The molecule has 0 saturated carbocycles. The van der Waals surface area contributed by atoms with Crippen LogP contribution in [0.15, 0.2) is 0 Å². The molecule has 1 unspecified atom stereocenters.